The van der Waals surface area contributed by atoms with Crippen molar-refractivity contribution in [2.24, 2.45) is 0 Å². The SMILES string of the molecule is Cc1cc(CNC(=O)C2CCCN2S(=O)c2ccc(F)cc2)cc(-c2ccc(C(F)(F)F)nc2)n1. The first kappa shape index (κ1) is 24.9. The van der Waals surface area contributed by atoms with Crippen LogP contribution in [0, 0.1) is 12.7 Å². The van der Waals surface area contributed by atoms with Crippen molar-refractivity contribution in [3.05, 3.63) is 77.5 Å². The molecule has 1 fully saturated rings. The average Bonchev–Trinajstić information content (AvgIpc) is 3.32. The molecule has 0 bridgehead atoms. The number of aryl methyl sites for hydroxylation is 1. The van der Waals surface area contributed by atoms with Crippen molar-refractivity contribution >= 4 is 16.9 Å². The van der Waals surface area contributed by atoms with Crippen LogP contribution < -0.4 is 5.32 Å². The van der Waals surface area contributed by atoms with Gasteiger partial charge in [-0.2, -0.15) is 13.2 Å². The van der Waals surface area contributed by atoms with Crippen molar-refractivity contribution in [2.75, 3.05) is 6.54 Å². The first-order valence-corrected chi connectivity index (χ1v) is 12.0. The van der Waals surface area contributed by atoms with E-state index in [0.717, 1.165) is 12.3 Å². The first-order valence-electron chi connectivity index (χ1n) is 10.8. The molecule has 1 amide bonds. The van der Waals surface area contributed by atoms with E-state index in [4.69, 9.17) is 0 Å². The molecule has 11 heteroatoms. The summed E-state index contributed by atoms with van der Waals surface area (Å²) >= 11 is 0. The van der Waals surface area contributed by atoms with Crippen LogP contribution in [0.1, 0.15) is 29.8 Å². The summed E-state index contributed by atoms with van der Waals surface area (Å²) in [5.41, 5.74) is 1.22. The largest absolute Gasteiger partial charge is 0.433 e. The van der Waals surface area contributed by atoms with Crippen molar-refractivity contribution in [3.8, 4) is 11.3 Å². The number of amides is 1. The number of nitrogens with one attached hydrogen (secondary N) is 1. The number of halogens is 4. The molecule has 4 rings (SSSR count). The van der Waals surface area contributed by atoms with Crippen LogP contribution in [0.3, 0.4) is 0 Å². The highest BCUT2D eigenvalue weighted by Gasteiger charge is 2.35. The van der Waals surface area contributed by atoms with Gasteiger partial charge in [-0.15, -0.1) is 0 Å². The summed E-state index contributed by atoms with van der Waals surface area (Å²) in [7, 11) is -1.60. The van der Waals surface area contributed by atoms with Gasteiger partial charge in [-0.05, 0) is 73.9 Å². The van der Waals surface area contributed by atoms with E-state index in [0.29, 0.717) is 46.8 Å². The molecule has 1 aromatic carbocycles. The van der Waals surface area contributed by atoms with Crippen LogP contribution in [-0.2, 0) is 28.5 Å². The van der Waals surface area contributed by atoms with Gasteiger partial charge in [0.2, 0.25) is 5.91 Å². The number of hydrogen-bond donors (Lipinski definition) is 1. The quantitative estimate of drug-likeness (QED) is 0.503. The normalized spacial score (nSPS) is 17.3. The summed E-state index contributed by atoms with van der Waals surface area (Å²) in [5.74, 6) is -0.717. The van der Waals surface area contributed by atoms with Crippen LogP contribution in [0.2, 0.25) is 0 Å². The Morgan fingerprint density at radius 1 is 1.17 bits per heavy atom. The molecule has 184 valence electrons. The molecule has 0 aliphatic carbocycles. The van der Waals surface area contributed by atoms with Gasteiger partial charge >= 0.3 is 6.18 Å². The molecule has 2 unspecified atom stereocenters. The van der Waals surface area contributed by atoms with Gasteiger partial charge < -0.3 is 5.32 Å². The lowest BCUT2D eigenvalue weighted by atomic mass is 10.1. The Kier molecular flexibility index (Phi) is 7.27. The number of alkyl halides is 3. The topological polar surface area (TPSA) is 75.2 Å². The van der Waals surface area contributed by atoms with E-state index < -0.39 is 34.7 Å². The molecule has 1 aliphatic heterocycles. The molecule has 0 spiro atoms. The summed E-state index contributed by atoms with van der Waals surface area (Å²) in [6, 6.07) is 10.4. The molecule has 2 aromatic heterocycles. The molecule has 1 aliphatic rings. The fourth-order valence-corrected chi connectivity index (χ4v) is 5.26. The Bertz CT molecular complexity index is 1230. The third kappa shape index (κ3) is 5.91. The number of hydrogen-bond acceptors (Lipinski definition) is 4. The van der Waals surface area contributed by atoms with Gasteiger partial charge in [-0.3, -0.25) is 14.8 Å². The minimum atomic E-state index is -4.53. The molecule has 1 saturated heterocycles. The van der Waals surface area contributed by atoms with Crippen molar-refractivity contribution in [1.29, 1.82) is 0 Å². The van der Waals surface area contributed by atoms with Gasteiger partial charge in [0.1, 0.15) is 28.5 Å². The second kappa shape index (κ2) is 10.2. The maximum atomic E-state index is 13.2. The highest BCUT2D eigenvalue weighted by molar-refractivity contribution is 7.82. The van der Waals surface area contributed by atoms with Crippen LogP contribution >= 0.6 is 0 Å². The summed E-state index contributed by atoms with van der Waals surface area (Å²) in [6.07, 6.45) is -2.17. The molecule has 35 heavy (non-hydrogen) atoms. The molecule has 6 nitrogen and oxygen atoms in total. The van der Waals surface area contributed by atoms with Crippen molar-refractivity contribution in [3.63, 3.8) is 0 Å². The minimum Gasteiger partial charge on any atom is -0.351 e. The van der Waals surface area contributed by atoms with Crippen LogP contribution in [0.5, 0.6) is 0 Å². The van der Waals surface area contributed by atoms with Gasteiger partial charge in [-0.1, -0.05) is 0 Å². The van der Waals surface area contributed by atoms with E-state index in [1.807, 2.05) is 0 Å². The predicted molar refractivity (Wildman–Crippen MR) is 122 cm³/mol. The second-order valence-corrected chi connectivity index (χ2v) is 9.59. The van der Waals surface area contributed by atoms with Crippen LogP contribution in [0.25, 0.3) is 11.3 Å². The maximum absolute atomic E-state index is 13.2. The van der Waals surface area contributed by atoms with Crippen molar-refractivity contribution < 1.29 is 26.6 Å². The van der Waals surface area contributed by atoms with Gasteiger partial charge in [-0.25, -0.2) is 12.9 Å². The highest BCUT2D eigenvalue weighted by Crippen LogP contribution is 2.29. The summed E-state index contributed by atoms with van der Waals surface area (Å²) < 4.78 is 66.1. The summed E-state index contributed by atoms with van der Waals surface area (Å²) in [4.78, 5) is 21.2. The highest BCUT2D eigenvalue weighted by atomic mass is 32.2. The molecule has 3 aromatic rings. The lowest BCUT2D eigenvalue weighted by molar-refractivity contribution is -0.141. The van der Waals surface area contributed by atoms with Gasteiger partial charge in [0, 0.05) is 30.5 Å². The number of aromatic nitrogens is 2. The van der Waals surface area contributed by atoms with Crippen LogP contribution in [-0.4, -0.2) is 37.0 Å². The lowest BCUT2D eigenvalue weighted by Gasteiger charge is -2.22. The maximum Gasteiger partial charge on any atom is 0.433 e. The van der Waals surface area contributed by atoms with Gasteiger partial charge in [0.25, 0.3) is 0 Å². The van der Waals surface area contributed by atoms with Crippen LogP contribution in [0.15, 0.2) is 59.6 Å². The standard InChI is InChI=1S/C24H22F4N4O2S/c1-15-11-16(12-20(31-15)17-4-9-22(29-14-17)24(26,27)28)13-30-23(33)21-3-2-10-32(21)35(34)19-7-5-18(25)6-8-19/h4-9,11-12,14,21H,2-3,10,13H2,1H3,(H,30,33). The molecule has 1 N–H and O–H groups in total. The van der Waals surface area contributed by atoms with E-state index in [1.54, 1.807) is 23.4 Å². The number of rotatable bonds is 6. The Morgan fingerprint density at radius 2 is 1.91 bits per heavy atom. The summed E-state index contributed by atoms with van der Waals surface area (Å²) in [5, 5.41) is 2.85. The van der Waals surface area contributed by atoms with Gasteiger partial charge in [0.05, 0.1) is 10.6 Å². The lowest BCUT2D eigenvalue weighted by Crippen LogP contribution is -2.43. The molecule has 2 atom stereocenters. The zero-order chi connectivity index (χ0) is 25.2. The number of nitrogens with zero attached hydrogens (tertiary/aromatic N) is 3. The molecular formula is C24H22F4N4O2S. The zero-order valence-electron chi connectivity index (χ0n) is 18.7. The number of carbonyl (C=O) groups is 1. The molecule has 0 radical (unpaired) electrons. The fraction of sp³-hybridized carbons (Fsp3) is 0.292. The van der Waals surface area contributed by atoms with Crippen molar-refractivity contribution in [2.45, 2.75) is 43.4 Å². The number of benzene rings is 1. The Hall–Kier alpha value is -3.18. The number of carbonyl (C=O) groups excluding carboxylic acids is 1. The molecule has 0 saturated carbocycles. The Morgan fingerprint density at radius 3 is 2.57 bits per heavy atom. The second-order valence-electron chi connectivity index (χ2n) is 8.15. The average molecular weight is 507 g/mol. The van der Waals surface area contributed by atoms with E-state index in [2.05, 4.69) is 15.3 Å². The first-order chi connectivity index (χ1) is 16.6. The van der Waals surface area contributed by atoms with E-state index in [9.17, 15) is 26.6 Å². The third-order valence-electron chi connectivity index (χ3n) is 5.56. The molecule has 3 heterocycles. The summed E-state index contributed by atoms with van der Waals surface area (Å²) in [6.45, 7) is 2.38. The predicted octanol–water partition coefficient (Wildman–Crippen LogP) is 4.41. The van der Waals surface area contributed by atoms with E-state index in [-0.39, 0.29) is 12.5 Å². The van der Waals surface area contributed by atoms with Gasteiger partial charge in [0.15, 0.2) is 0 Å². The van der Waals surface area contributed by atoms with E-state index in [1.165, 1.54) is 30.3 Å². The number of pyridine rings is 2. The van der Waals surface area contributed by atoms with E-state index >= 15 is 0 Å². The third-order valence-corrected chi connectivity index (χ3v) is 7.10. The Balaban J connectivity index is 1.44. The Labute approximate surface area is 202 Å². The zero-order valence-corrected chi connectivity index (χ0v) is 19.5. The molecular weight excluding hydrogens is 484 g/mol. The smallest absolute Gasteiger partial charge is 0.351 e. The van der Waals surface area contributed by atoms with Crippen molar-refractivity contribution in [1.82, 2.24) is 19.6 Å². The minimum absolute atomic E-state index is 0.163. The fourth-order valence-electron chi connectivity index (χ4n) is 3.90. The monoisotopic (exact) mass is 506 g/mol. The van der Waals surface area contributed by atoms with Crippen LogP contribution in [0.4, 0.5) is 17.6 Å².